The quantitative estimate of drug-likeness (QED) is 0.805. The second-order valence-electron chi connectivity index (χ2n) is 5.67. The molecular weight excluding hydrogens is 293 g/mol. The van der Waals surface area contributed by atoms with E-state index in [2.05, 4.69) is 10.3 Å². The lowest BCUT2D eigenvalue weighted by molar-refractivity contribution is -0.121. The van der Waals surface area contributed by atoms with E-state index < -0.39 is 0 Å². The van der Waals surface area contributed by atoms with Crippen LogP contribution in [0.1, 0.15) is 16.7 Å². The lowest BCUT2D eigenvalue weighted by Crippen LogP contribution is -2.27. The molecule has 0 aliphatic heterocycles. The fourth-order valence-corrected chi connectivity index (χ4v) is 2.49. The maximum atomic E-state index is 13.5. The number of rotatable bonds is 4. The van der Waals surface area contributed by atoms with Crippen LogP contribution in [0.4, 0.5) is 4.39 Å². The van der Waals surface area contributed by atoms with E-state index in [1.165, 1.54) is 11.6 Å². The first kappa shape index (κ1) is 15.2. The van der Waals surface area contributed by atoms with Gasteiger partial charge in [0.05, 0.1) is 17.4 Å². The van der Waals surface area contributed by atoms with Gasteiger partial charge in [-0.3, -0.25) is 4.79 Å². The number of carbonyl (C=O) groups is 1. The van der Waals surface area contributed by atoms with Crippen molar-refractivity contribution in [3.05, 3.63) is 65.2 Å². The first-order valence-corrected chi connectivity index (χ1v) is 7.47. The summed E-state index contributed by atoms with van der Waals surface area (Å²) >= 11 is 0. The summed E-state index contributed by atoms with van der Waals surface area (Å²) in [6.07, 6.45) is 1.66. The number of carbonyl (C=O) groups excluding carboxylic acids is 1. The van der Waals surface area contributed by atoms with Gasteiger partial charge in [-0.1, -0.05) is 18.2 Å². The van der Waals surface area contributed by atoms with Gasteiger partial charge in [-0.2, -0.15) is 0 Å². The molecular formula is C18H18FN3O. The van der Waals surface area contributed by atoms with Crippen molar-refractivity contribution in [1.82, 2.24) is 14.9 Å². The average molecular weight is 311 g/mol. The molecule has 0 aliphatic carbocycles. The van der Waals surface area contributed by atoms with Gasteiger partial charge < -0.3 is 9.88 Å². The number of benzene rings is 2. The van der Waals surface area contributed by atoms with Crippen molar-refractivity contribution in [3.63, 3.8) is 0 Å². The van der Waals surface area contributed by atoms with E-state index in [0.717, 1.165) is 16.6 Å². The molecule has 3 aromatic rings. The molecule has 0 saturated heterocycles. The van der Waals surface area contributed by atoms with Crippen LogP contribution in [0.5, 0.6) is 0 Å². The third-order valence-electron chi connectivity index (χ3n) is 3.98. The molecule has 0 radical (unpaired) electrons. The second-order valence-corrected chi connectivity index (χ2v) is 5.67. The van der Waals surface area contributed by atoms with Gasteiger partial charge in [0.25, 0.3) is 0 Å². The van der Waals surface area contributed by atoms with Gasteiger partial charge in [0.2, 0.25) is 5.91 Å². The van der Waals surface area contributed by atoms with E-state index in [0.29, 0.717) is 5.56 Å². The summed E-state index contributed by atoms with van der Waals surface area (Å²) in [7, 11) is 0. The van der Waals surface area contributed by atoms with E-state index >= 15 is 0 Å². The minimum absolute atomic E-state index is 0.160. The summed E-state index contributed by atoms with van der Waals surface area (Å²) in [5.41, 5.74) is 4.60. The van der Waals surface area contributed by atoms with Crippen molar-refractivity contribution >= 4 is 16.9 Å². The fourth-order valence-electron chi connectivity index (χ4n) is 2.49. The summed E-state index contributed by atoms with van der Waals surface area (Å²) in [5, 5.41) is 2.74. The smallest absolute Gasteiger partial charge is 0.240 e. The van der Waals surface area contributed by atoms with Gasteiger partial charge in [0.1, 0.15) is 12.4 Å². The molecule has 118 valence electrons. The SMILES string of the molecule is Cc1cc2ncn(CC(=O)NCc3ccccc3F)c2cc1C. The van der Waals surface area contributed by atoms with Gasteiger partial charge in [-0.15, -0.1) is 0 Å². The Morgan fingerprint density at radius 2 is 1.96 bits per heavy atom. The maximum absolute atomic E-state index is 13.5. The molecule has 0 aliphatic rings. The van der Waals surface area contributed by atoms with E-state index in [1.54, 1.807) is 29.1 Å². The van der Waals surface area contributed by atoms with Crippen LogP contribution >= 0.6 is 0 Å². The number of fused-ring (bicyclic) bond motifs is 1. The number of aryl methyl sites for hydroxylation is 2. The first-order valence-electron chi connectivity index (χ1n) is 7.47. The number of nitrogens with one attached hydrogen (secondary N) is 1. The van der Waals surface area contributed by atoms with Crippen LogP contribution in [0.15, 0.2) is 42.7 Å². The summed E-state index contributed by atoms with van der Waals surface area (Å²) < 4.78 is 15.3. The monoisotopic (exact) mass is 311 g/mol. The van der Waals surface area contributed by atoms with Crippen molar-refractivity contribution in [2.24, 2.45) is 0 Å². The Balaban J connectivity index is 1.71. The minimum atomic E-state index is -0.313. The summed E-state index contributed by atoms with van der Waals surface area (Å²) in [4.78, 5) is 16.4. The van der Waals surface area contributed by atoms with E-state index in [-0.39, 0.29) is 24.8 Å². The Kier molecular flexibility index (Phi) is 4.10. The van der Waals surface area contributed by atoms with Crippen LogP contribution < -0.4 is 5.32 Å². The molecule has 5 heteroatoms. The number of hydrogen-bond acceptors (Lipinski definition) is 2. The molecule has 1 N–H and O–H groups in total. The Hall–Kier alpha value is -2.69. The normalized spacial score (nSPS) is 10.9. The van der Waals surface area contributed by atoms with Crippen molar-refractivity contribution < 1.29 is 9.18 Å². The molecule has 0 bridgehead atoms. The maximum Gasteiger partial charge on any atom is 0.240 e. The molecule has 23 heavy (non-hydrogen) atoms. The predicted molar refractivity (Wildman–Crippen MR) is 87.5 cm³/mol. The van der Waals surface area contributed by atoms with Crippen molar-refractivity contribution in [2.75, 3.05) is 0 Å². The predicted octanol–water partition coefficient (Wildman–Crippen LogP) is 3.11. The first-order chi connectivity index (χ1) is 11.0. The number of hydrogen-bond donors (Lipinski definition) is 1. The van der Waals surface area contributed by atoms with Crippen LogP contribution in [0, 0.1) is 19.7 Å². The molecule has 2 aromatic carbocycles. The van der Waals surface area contributed by atoms with Gasteiger partial charge >= 0.3 is 0 Å². The second kappa shape index (κ2) is 6.20. The molecule has 1 heterocycles. The zero-order valence-electron chi connectivity index (χ0n) is 13.1. The number of halogens is 1. The summed E-state index contributed by atoms with van der Waals surface area (Å²) in [6, 6.07) is 10.5. The summed E-state index contributed by atoms with van der Waals surface area (Å²) in [5.74, 6) is -0.488. The zero-order valence-corrected chi connectivity index (χ0v) is 13.1. The highest BCUT2D eigenvalue weighted by Crippen LogP contribution is 2.18. The largest absolute Gasteiger partial charge is 0.350 e. The van der Waals surface area contributed by atoms with Crippen molar-refractivity contribution in [1.29, 1.82) is 0 Å². The molecule has 0 saturated carbocycles. The van der Waals surface area contributed by atoms with Crippen molar-refractivity contribution in [2.45, 2.75) is 26.9 Å². The molecule has 3 rings (SSSR count). The lowest BCUT2D eigenvalue weighted by Gasteiger charge is -2.08. The van der Waals surface area contributed by atoms with Crippen LogP contribution in [0.25, 0.3) is 11.0 Å². The topological polar surface area (TPSA) is 46.9 Å². The molecule has 0 atom stereocenters. The van der Waals surface area contributed by atoms with Crippen LogP contribution in [-0.2, 0) is 17.9 Å². The van der Waals surface area contributed by atoms with Gasteiger partial charge in [-0.25, -0.2) is 9.37 Å². The average Bonchev–Trinajstić information content (AvgIpc) is 2.89. The molecule has 1 aromatic heterocycles. The van der Waals surface area contributed by atoms with Gasteiger partial charge in [-0.05, 0) is 43.2 Å². The third kappa shape index (κ3) is 3.23. The van der Waals surface area contributed by atoms with Gasteiger partial charge in [0.15, 0.2) is 0 Å². The van der Waals surface area contributed by atoms with Crippen LogP contribution in [0.3, 0.4) is 0 Å². The molecule has 0 fully saturated rings. The lowest BCUT2D eigenvalue weighted by atomic mass is 10.1. The van der Waals surface area contributed by atoms with Crippen LogP contribution in [-0.4, -0.2) is 15.5 Å². The zero-order chi connectivity index (χ0) is 16.4. The highest BCUT2D eigenvalue weighted by molar-refractivity contribution is 5.81. The Labute approximate surface area is 134 Å². The molecule has 0 unspecified atom stereocenters. The fraction of sp³-hybridized carbons (Fsp3) is 0.222. The highest BCUT2D eigenvalue weighted by Gasteiger charge is 2.09. The standard InChI is InChI=1S/C18H18FN3O/c1-12-7-16-17(8-13(12)2)22(11-21-16)10-18(23)20-9-14-5-3-4-6-15(14)19/h3-8,11H,9-10H2,1-2H3,(H,20,23). The molecule has 4 nitrogen and oxygen atoms in total. The number of aromatic nitrogens is 2. The highest BCUT2D eigenvalue weighted by atomic mass is 19.1. The molecule has 0 spiro atoms. The van der Waals surface area contributed by atoms with E-state index in [1.807, 2.05) is 26.0 Å². The minimum Gasteiger partial charge on any atom is -0.350 e. The third-order valence-corrected chi connectivity index (χ3v) is 3.98. The Bertz CT molecular complexity index is 870. The van der Waals surface area contributed by atoms with Crippen LogP contribution in [0.2, 0.25) is 0 Å². The Morgan fingerprint density at radius 1 is 1.22 bits per heavy atom. The number of imidazole rings is 1. The Morgan fingerprint density at radius 3 is 2.74 bits per heavy atom. The summed E-state index contributed by atoms with van der Waals surface area (Å²) in [6.45, 7) is 4.41. The number of amides is 1. The number of nitrogens with zero attached hydrogens (tertiary/aromatic N) is 2. The molecule has 1 amide bonds. The van der Waals surface area contributed by atoms with Crippen molar-refractivity contribution in [3.8, 4) is 0 Å². The van der Waals surface area contributed by atoms with Gasteiger partial charge in [0, 0.05) is 12.1 Å². The van der Waals surface area contributed by atoms with E-state index in [4.69, 9.17) is 0 Å². The van der Waals surface area contributed by atoms with E-state index in [9.17, 15) is 9.18 Å².